The second-order valence-electron chi connectivity index (χ2n) is 2.12. The van der Waals surface area contributed by atoms with Crippen LogP contribution in [0.3, 0.4) is 0 Å². The van der Waals surface area contributed by atoms with Crippen molar-refractivity contribution in [3.05, 3.63) is 17.8 Å². The molecule has 1 aromatic rings. The van der Waals surface area contributed by atoms with Gasteiger partial charge in [0.1, 0.15) is 0 Å². The van der Waals surface area contributed by atoms with Gasteiger partial charge in [-0.3, -0.25) is 4.79 Å². The van der Waals surface area contributed by atoms with Gasteiger partial charge in [-0.1, -0.05) is 0 Å². The predicted molar refractivity (Wildman–Crippen MR) is 38.7 cm³/mol. The number of rotatable bonds is 3. The van der Waals surface area contributed by atoms with Gasteiger partial charge in [0.2, 0.25) is 0 Å². The minimum absolute atomic E-state index is 0.00333. The smallest absolute Gasteiger partial charge is 0.309 e. The Morgan fingerprint density at radius 3 is 2.91 bits per heavy atom. The Morgan fingerprint density at radius 1 is 1.73 bits per heavy atom. The van der Waals surface area contributed by atoms with Gasteiger partial charge in [-0.05, 0) is 12.1 Å². The summed E-state index contributed by atoms with van der Waals surface area (Å²) < 4.78 is 4.83. The molecule has 0 spiro atoms. The third-order valence-corrected chi connectivity index (χ3v) is 1.28. The van der Waals surface area contributed by atoms with Crippen molar-refractivity contribution in [1.82, 2.24) is 4.98 Å². The first-order valence-electron chi connectivity index (χ1n) is 3.16. The summed E-state index contributed by atoms with van der Waals surface area (Å²) in [4.78, 5) is 13.0. The van der Waals surface area contributed by atoms with Crippen LogP contribution in [0.2, 0.25) is 0 Å². The van der Waals surface area contributed by atoms with Crippen molar-refractivity contribution in [3.63, 3.8) is 0 Å². The largest absolute Gasteiger partial charge is 0.482 e. The molecule has 11 heavy (non-hydrogen) atoms. The van der Waals surface area contributed by atoms with Crippen LogP contribution in [0.15, 0.2) is 12.1 Å². The standard InChI is InChI=1S/C7H9NO3/c1-11-6-3-2-5(8-6)4-7(9)10/h2-3,8H,4H2,1H3,(H,9,10). The lowest BCUT2D eigenvalue weighted by Crippen LogP contribution is -1.99. The number of carboxylic acid groups (broad SMARTS) is 1. The van der Waals surface area contributed by atoms with E-state index < -0.39 is 5.97 Å². The maximum Gasteiger partial charge on any atom is 0.309 e. The van der Waals surface area contributed by atoms with E-state index in [2.05, 4.69) is 4.98 Å². The molecule has 0 unspecified atom stereocenters. The van der Waals surface area contributed by atoms with Crippen molar-refractivity contribution in [2.75, 3.05) is 7.11 Å². The average Bonchev–Trinajstić information content (AvgIpc) is 2.34. The van der Waals surface area contributed by atoms with Crippen LogP contribution in [0.25, 0.3) is 0 Å². The Bertz CT molecular complexity index is 254. The van der Waals surface area contributed by atoms with Crippen molar-refractivity contribution in [2.24, 2.45) is 0 Å². The summed E-state index contributed by atoms with van der Waals surface area (Å²) in [6, 6.07) is 3.38. The van der Waals surface area contributed by atoms with Gasteiger partial charge in [0.25, 0.3) is 0 Å². The SMILES string of the molecule is COc1ccc(CC(=O)O)[nH]1. The first kappa shape index (κ1) is 7.65. The van der Waals surface area contributed by atoms with Crippen molar-refractivity contribution in [1.29, 1.82) is 0 Å². The van der Waals surface area contributed by atoms with Gasteiger partial charge < -0.3 is 14.8 Å². The highest BCUT2D eigenvalue weighted by molar-refractivity contribution is 5.69. The highest BCUT2D eigenvalue weighted by Gasteiger charge is 2.02. The fourth-order valence-electron chi connectivity index (χ4n) is 0.803. The zero-order valence-corrected chi connectivity index (χ0v) is 6.13. The van der Waals surface area contributed by atoms with E-state index in [1.54, 1.807) is 12.1 Å². The molecule has 0 atom stereocenters. The van der Waals surface area contributed by atoms with Crippen molar-refractivity contribution in [3.8, 4) is 5.88 Å². The van der Waals surface area contributed by atoms with Gasteiger partial charge >= 0.3 is 5.97 Å². The third-order valence-electron chi connectivity index (χ3n) is 1.28. The molecule has 0 amide bonds. The van der Waals surface area contributed by atoms with E-state index in [1.165, 1.54) is 7.11 Å². The number of H-pyrrole nitrogens is 1. The van der Waals surface area contributed by atoms with E-state index in [9.17, 15) is 4.79 Å². The van der Waals surface area contributed by atoms with E-state index >= 15 is 0 Å². The van der Waals surface area contributed by atoms with E-state index in [4.69, 9.17) is 9.84 Å². The summed E-state index contributed by atoms with van der Waals surface area (Å²) in [5.74, 6) is -0.268. The molecule has 0 aromatic carbocycles. The maximum absolute atomic E-state index is 10.2. The van der Waals surface area contributed by atoms with Crippen molar-refractivity contribution >= 4 is 5.97 Å². The maximum atomic E-state index is 10.2. The first-order valence-corrected chi connectivity index (χ1v) is 3.16. The summed E-state index contributed by atoms with van der Waals surface area (Å²) in [5, 5.41) is 8.39. The molecule has 0 aliphatic heterocycles. The lowest BCUT2D eigenvalue weighted by atomic mass is 10.3. The summed E-state index contributed by atoms with van der Waals surface area (Å²) in [6.07, 6.45) is 0.00333. The summed E-state index contributed by atoms with van der Waals surface area (Å²) in [6.45, 7) is 0. The molecule has 0 saturated heterocycles. The zero-order valence-electron chi connectivity index (χ0n) is 6.13. The number of hydrogen-bond acceptors (Lipinski definition) is 2. The van der Waals surface area contributed by atoms with Crippen LogP contribution >= 0.6 is 0 Å². The van der Waals surface area contributed by atoms with Crippen LogP contribution in [0.4, 0.5) is 0 Å². The van der Waals surface area contributed by atoms with E-state index in [-0.39, 0.29) is 6.42 Å². The summed E-state index contributed by atoms with van der Waals surface area (Å²) >= 11 is 0. The Labute approximate surface area is 63.8 Å². The molecule has 0 aliphatic rings. The average molecular weight is 155 g/mol. The Hall–Kier alpha value is -1.45. The van der Waals surface area contributed by atoms with Crippen LogP contribution in [0, 0.1) is 0 Å². The van der Waals surface area contributed by atoms with E-state index in [0.29, 0.717) is 11.6 Å². The minimum atomic E-state index is -0.852. The van der Waals surface area contributed by atoms with Crippen LogP contribution < -0.4 is 4.74 Å². The van der Waals surface area contributed by atoms with Crippen LogP contribution in [-0.2, 0) is 11.2 Å². The zero-order chi connectivity index (χ0) is 8.27. The number of aromatic nitrogens is 1. The lowest BCUT2D eigenvalue weighted by molar-refractivity contribution is -0.136. The molecule has 1 aromatic heterocycles. The van der Waals surface area contributed by atoms with Gasteiger partial charge in [0.05, 0.1) is 13.5 Å². The van der Waals surface area contributed by atoms with Gasteiger partial charge in [-0.25, -0.2) is 0 Å². The summed E-state index contributed by atoms with van der Waals surface area (Å²) in [7, 11) is 1.52. The van der Waals surface area contributed by atoms with Crippen LogP contribution in [0.5, 0.6) is 5.88 Å². The van der Waals surface area contributed by atoms with Crippen molar-refractivity contribution < 1.29 is 14.6 Å². The number of carbonyl (C=O) groups is 1. The molecule has 0 radical (unpaired) electrons. The van der Waals surface area contributed by atoms with E-state index in [1.807, 2.05) is 0 Å². The lowest BCUT2D eigenvalue weighted by Gasteiger charge is -1.92. The Morgan fingerprint density at radius 2 is 2.45 bits per heavy atom. The normalized spacial score (nSPS) is 9.55. The second kappa shape index (κ2) is 3.09. The molecule has 0 aliphatic carbocycles. The van der Waals surface area contributed by atoms with Crippen LogP contribution in [0.1, 0.15) is 5.69 Å². The number of hydrogen-bond donors (Lipinski definition) is 2. The molecular weight excluding hydrogens is 146 g/mol. The molecule has 1 heterocycles. The molecule has 0 bridgehead atoms. The predicted octanol–water partition coefficient (Wildman–Crippen LogP) is 0.650. The number of aliphatic carboxylic acids is 1. The monoisotopic (exact) mass is 155 g/mol. The first-order chi connectivity index (χ1) is 5.22. The highest BCUT2D eigenvalue weighted by atomic mass is 16.5. The highest BCUT2D eigenvalue weighted by Crippen LogP contribution is 2.08. The number of aromatic amines is 1. The molecule has 1 rings (SSSR count). The topological polar surface area (TPSA) is 62.3 Å². The van der Waals surface area contributed by atoms with Gasteiger partial charge in [-0.15, -0.1) is 0 Å². The minimum Gasteiger partial charge on any atom is -0.482 e. The summed E-state index contributed by atoms with van der Waals surface area (Å²) in [5.41, 5.74) is 0.648. The Kier molecular flexibility index (Phi) is 2.15. The fraction of sp³-hybridized carbons (Fsp3) is 0.286. The van der Waals surface area contributed by atoms with Gasteiger partial charge in [-0.2, -0.15) is 0 Å². The number of ether oxygens (including phenoxy) is 1. The molecular formula is C7H9NO3. The van der Waals surface area contributed by atoms with Crippen LogP contribution in [-0.4, -0.2) is 23.2 Å². The van der Waals surface area contributed by atoms with E-state index in [0.717, 1.165) is 0 Å². The fourth-order valence-corrected chi connectivity index (χ4v) is 0.803. The van der Waals surface area contributed by atoms with Gasteiger partial charge in [0.15, 0.2) is 5.88 Å². The number of methoxy groups -OCH3 is 1. The molecule has 0 saturated carbocycles. The Balaban J connectivity index is 2.65. The molecule has 0 fully saturated rings. The molecule has 60 valence electrons. The number of nitrogens with one attached hydrogen (secondary N) is 1. The second-order valence-corrected chi connectivity index (χ2v) is 2.12. The van der Waals surface area contributed by atoms with Crippen molar-refractivity contribution in [2.45, 2.75) is 6.42 Å². The number of carboxylic acids is 1. The molecule has 4 heteroatoms. The van der Waals surface area contributed by atoms with Gasteiger partial charge in [0, 0.05) is 5.69 Å². The third kappa shape index (κ3) is 2.00. The molecule has 4 nitrogen and oxygen atoms in total. The molecule has 2 N–H and O–H groups in total. The quantitative estimate of drug-likeness (QED) is 0.673.